The van der Waals surface area contributed by atoms with Crippen LogP contribution < -0.4 is 5.73 Å². The Bertz CT molecular complexity index is 165. The second-order valence-corrected chi connectivity index (χ2v) is 2.31. The maximum Gasteiger partial charge on any atom is 0.123 e. The fourth-order valence-electron chi connectivity index (χ4n) is 0.393. The highest BCUT2D eigenvalue weighted by Crippen LogP contribution is 2.08. The van der Waals surface area contributed by atoms with Crippen molar-refractivity contribution in [3.05, 3.63) is 12.3 Å². The van der Waals surface area contributed by atoms with Gasteiger partial charge in [-0.15, -0.1) is 10.2 Å². The van der Waals surface area contributed by atoms with Gasteiger partial charge < -0.3 is 5.73 Å². The van der Waals surface area contributed by atoms with Crippen LogP contribution in [0.5, 0.6) is 0 Å². The fourth-order valence-corrected chi connectivity index (χ4v) is 0.815. The highest BCUT2D eigenvalue weighted by Gasteiger charge is 1.89. The summed E-state index contributed by atoms with van der Waals surface area (Å²) in [6, 6.07) is 1.77. The molecule has 1 rings (SSSR count). The Labute approximate surface area is 56.9 Å². The van der Waals surface area contributed by atoms with Crippen molar-refractivity contribution in [1.29, 1.82) is 0 Å². The first-order valence-corrected chi connectivity index (χ1v) is 3.39. The fraction of sp³-hybridized carbons (Fsp3) is 0.250. The van der Waals surface area contributed by atoms with Gasteiger partial charge in [0.1, 0.15) is 5.03 Å². The number of hydrogen-bond acceptors (Lipinski definition) is 5. The standard InChI is InChI=1S/C4H6N4S/c5-3-9-4-1-2-6-8-7-4/h1-2H,3,5H2. The van der Waals surface area contributed by atoms with Crippen molar-refractivity contribution in [2.24, 2.45) is 5.73 Å². The molecule has 1 aromatic heterocycles. The van der Waals surface area contributed by atoms with Gasteiger partial charge in [-0.05, 0) is 11.3 Å². The summed E-state index contributed by atoms with van der Waals surface area (Å²) in [4.78, 5) is 0. The topological polar surface area (TPSA) is 64.7 Å². The molecule has 2 N–H and O–H groups in total. The maximum atomic E-state index is 5.24. The first-order chi connectivity index (χ1) is 4.43. The van der Waals surface area contributed by atoms with Crippen molar-refractivity contribution < 1.29 is 0 Å². The van der Waals surface area contributed by atoms with Crippen LogP contribution in [0, 0.1) is 0 Å². The average Bonchev–Trinajstić information content (AvgIpc) is 1.91. The van der Waals surface area contributed by atoms with Crippen LogP contribution in [0.1, 0.15) is 0 Å². The molecule has 4 nitrogen and oxygen atoms in total. The number of nitrogens with zero attached hydrogens (tertiary/aromatic N) is 3. The van der Waals surface area contributed by atoms with Gasteiger partial charge in [0.15, 0.2) is 0 Å². The molecule has 9 heavy (non-hydrogen) atoms. The summed E-state index contributed by atoms with van der Waals surface area (Å²) >= 11 is 1.44. The lowest BCUT2D eigenvalue weighted by molar-refractivity contribution is 0.804. The number of hydrogen-bond donors (Lipinski definition) is 1. The van der Waals surface area contributed by atoms with Crippen molar-refractivity contribution in [1.82, 2.24) is 15.4 Å². The molecule has 0 radical (unpaired) electrons. The molecule has 48 valence electrons. The molecule has 1 aromatic rings. The third kappa shape index (κ3) is 1.95. The summed E-state index contributed by atoms with van der Waals surface area (Å²) in [6.07, 6.45) is 1.59. The molecule has 0 aliphatic rings. The van der Waals surface area contributed by atoms with E-state index in [1.807, 2.05) is 0 Å². The van der Waals surface area contributed by atoms with Gasteiger partial charge in [0.05, 0.1) is 6.20 Å². The predicted molar refractivity (Wildman–Crippen MR) is 34.7 cm³/mol. The number of rotatable bonds is 2. The Morgan fingerprint density at radius 1 is 1.67 bits per heavy atom. The zero-order valence-electron chi connectivity index (χ0n) is 4.69. The SMILES string of the molecule is NCSc1ccnnn1. The minimum Gasteiger partial charge on any atom is -0.322 e. The zero-order valence-corrected chi connectivity index (χ0v) is 5.51. The maximum absolute atomic E-state index is 5.24. The molecule has 1 heterocycles. The van der Waals surface area contributed by atoms with E-state index < -0.39 is 0 Å². The van der Waals surface area contributed by atoms with Crippen LogP contribution in [-0.4, -0.2) is 21.3 Å². The van der Waals surface area contributed by atoms with Gasteiger partial charge in [-0.3, -0.25) is 0 Å². The van der Waals surface area contributed by atoms with Gasteiger partial charge in [0.25, 0.3) is 0 Å². The van der Waals surface area contributed by atoms with E-state index in [9.17, 15) is 0 Å². The molecule has 0 aromatic carbocycles. The molecule has 0 atom stereocenters. The Kier molecular flexibility index (Phi) is 2.41. The van der Waals surface area contributed by atoms with E-state index in [0.717, 1.165) is 5.03 Å². The van der Waals surface area contributed by atoms with E-state index in [2.05, 4.69) is 15.4 Å². The van der Waals surface area contributed by atoms with E-state index in [0.29, 0.717) is 5.88 Å². The summed E-state index contributed by atoms with van der Waals surface area (Å²) in [6.45, 7) is 0. The van der Waals surface area contributed by atoms with Gasteiger partial charge in [0.2, 0.25) is 0 Å². The minimum absolute atomic E-state index is 0.526. The molecule has 0 bridgehead atoms. The largest absolute Gasteiger partial charge is 0.322 e. The molecule has 0 saturated heterocycles. The van der Waals surface area contributed by atoms with E-state index in [4.69, 9.17) is 5.73 Å². The lowest BCUT2D eigenvalue weighted by atomic mass is 10.7. The van der Waals surface area contributed by atoms with E-state index in [1.54, 1.807) is 12.3 Å². The van der Waals surface area contributed by atoms with Crippen molar-refractivity contribution in [2.75, 3.05) is 5.88 Å². The molecular formula is C4H6N4S. The summed E-state index contributed by atoms with van der Waals surface area (Å²) in [5, 5.41) is 11.4. The lowest BCUT2D eigenvalue weighted by Crippen LogP contribution is -1.94. The quantitative estimate of drug-likeness (QED) is 0.460. The summed E-state index contributed by atoms with van der Waals surface area (Å²) in [5.41, 5.74) is 5.24. The van der Waals surface area contributed by atoms with Crippen LogP contribution in [0.4, 0.5) is 0 Å². The molecule has 0 aliphatic carbocycles. The van der Waals surface area contributed by atoms with Crippen molar-refractivity contribution in [3.63, 3.8) is 0 Å². The van der Waals surface area contributed by atoms with Crippen LogP contribution in [0.15, 0.2) is 17.3 Å². The second-order valence-electron chi connectivity index (χ2n) is 1.27. The van der Waals surface area contributed by atoms with Gasteiger partial charge in [-0.2, -0.15) is 0 Å². The van der Waals surface area contributed by atoms with Crippen molar-refractivity contribution in [3.8, 4) is 0 Å². The molecule has 0 aliphatic heterocycles. The normalized spacial score (nSPS) is 9.44. The van der Waals surface area contributed by atoms with E-state index in [-0.39, 0.29) is 0 Å². The predicted octanol–water partition coefficient (Wildman–Crippen LogP) is -0.120. The van der Waals surface area contributed by atoms with Gasteiger partial charge in [-0.25, -0.2) is 0 Å². The van der Waals surface area contributed by atoms with Gasteiger partial charge in [-0.1, -0.05) is 11.8 Å². The van der Waals surface area contributed by atoms with Gasteiger partial charge >= 0.3 is 0 Å². The Hall–Kier alpha value is -0.680. The van der Waals surface area contributed by atoms with Crippen LogP contribution >= 0.6 is 11.8 Å². The van der Waals surface area contributed by atoms with Crippen LogP contribution in [0.2, 0.25) is 0 Å². The van der Waals surface area contributed by atoms with Crippen molar-refractivity contribution >= 4 is 11.8 Å². The first kappa shape index (κ1) is 6.44. The lowest BCUT2D eigenvalue weighted by Gasteiger charge is -1.90. The third-order valence-electron chi connectivity index (χ3n) is 0.710. The molecule has 0 unspecified atom stereocenters. The highest BCUT2D eigenvalue weighted by molar-refractivity contribution is 7.99. The summed E-state index contributed by atoms with van der Waals surface area (Å²) in [7, 11) is 0. The Morgan fingerprint density at radius 3 is 3.11 bits per heavy atom. The molecule has 0 fully saturated rings. The van der Waals surface area contributed by atoms with Crippen LogP contribution in [0.3, 0.4) is 0 Å². The minimum atomic E-state index is 0.526. The Balaban J connectivity index is 2.61. The van der Waals surface area contributed by atoms with Crippen LogP contribution in [-0.2, 0) is 0 Å². The molecule has 0 spiro atoms. The van der Waals surface area contributed by atoms with Gasteiger partial charge in [0, 0.05) is 5.88 Å². The number of thioether (sulfide) groups is 1. The van der Waals surface area contributed by atoms with E-state index in [1.165, 1.54) is 11.8 Å². The monoisotopic (exact) mass is 142 g/mol. The average molecular weight is 142 g/mol. The molecule has 0 saturated carbocycles. The molecule has 5 heteroatoms. The van der Waals surface area contributed by atoms with E-state index >= 15 is 0 Å². The highest BCUT2D eigenvalue weighted by atomic mass is 32.2. The van der Waals surface area contributed by atoms with Crippen molar-refractivity contribution in [2.45, 2.75) is 5.03 Å². The van der Waals surface area contributed by atoms with Crippen LogP contribution in [0.25, 0.3) is 0 Å². The first-order valence-electron chi connectivity index (χ1n) is 2.40. The molecule has 0 amide bonds. The third-order valence-corrected chi connectivity index (χ3v) is 1.39. The summed E-state index contributed by atoms with van der Waals surface area (Å²) < 4.78 is 0. The number of aromatic nitrogens is 3. The zero-order chi connectivity index (χ0) is 6.53. The summed E-state index contributed by atoms with van der Waals surface area (Å²) in [5.74, 6) is 0.526. The smallest absolute Gasteiger partial charge is 0.123 e. The molecular weight excluding hydrogens is 136 g/mol. The second kappa shape index (κ2) is 3.37. The Morgan fingerprint density at radius 2 is 2.56 bits per heavy atom. The number of nitrogens with two attached hydrogens (primary N) is 1.